The van der Waals surface area contributed by atoms with Crippen LogP contribution in [0.4, 0.5) is 17.6 Å². The highest BCUT2D eigenvalue weighted by Crippen LogP contribution is 2.68. The van der Waals surface area contributed by atoms with Crippen LogP contribution in [0, 0.1) is 23.7 Å². The summed E-state index contributed by atoms with van der Waals surface area (Å²) in [5, 5.41) is 0. The fourth-order valence-corrected chi connectivity index (χ4v) is 8.61. The van der Waals surface area contributed by atoms with E-state index in [4.69, 9.17) is 0 Å². The van der Waals surface area contributed by atoms with Gasteiger partial charge in [-0.15, -0.1) is 23.5 Å². The standard InChI is InChI=1S/C14H18F4S2/c15-12(16)6-19-14(20-7-13(12,17)18)10-2-8-1-9(4-10)5-11(14)3-8/h8-11H,1-7H2. The summed E-state index contributed by atoms with van der Waals surface area (Å²) in [6.45, 7) is 0. The first kappa shape index (κ1) is 14.0. The van der Waals surface area contributed by atoms with Gasteiger partial charge in [-0.05, 0) is 55.8 Å². The molecular formula is C14H18F4S2. The summed E-state index contributed by atoms with van der Waals surface area (Å²) in [6, 6.07) is 0. The molecule has 0 unspecified atom stereocenters. The van der Waals surface area contributed by atoms with Gasteiger partial charge in [0.25, 0.3) is 0 Å². The van der Waals surface area contributed by atoms with Crippen LogP contribution in [0.5, 0.6) is 0 Å². The molecule has 5 rings (SSSR count). The molecule has 0 radical (unpaired) electrons. The molecule has 0 atom stereocenters. The molecule has 5 fully saturated rings. The number of rotatable bonds is 0. The maximum Gasteiger partial charge on any atom is 0.319 e. The van der Waals surface area contributed by atoms with Crippen molar-refractivity contribution in [2.24, 2.45) is 23.7 Å². The summed E-state index contributed by atoms with van der Waals surface area (Å²) >= 11 is 2.33. The predicted molar refractivity (Wildman–Crippen MR) is 74.6 cm³/mol. The molecule has 4 saturated carbocycles. The molecular weight excluding hydrogens is 308 g/mol. The second-order valence-corrected chi connectivity index (χ2v) is 9.78. The van der Waals surface area contributed by atoms with Crippen LogP contribution in [-0.2, 0) is 0 Å². The lowest BCUT2D eigenvalue weighted by Gasteiger charge is -2.60. The minimum absolute atomic E-state index is 0.350. The minimum Gasteiger partial charge on any atom is -0.199 e. The normalized spacial score (nSPS) is 47.4. The van der Waals surface area contributed by atoms with E-state index in [-0.39, 0.29) is 4.08 Å². The van der Waals surface area contributed by atoms with E-state index >= 15 is 0 Å². The van der Waals surface area contributed by atoms with Crippen molar-refractivity contribution in [3.8, 4) is 0 Å². The molecule has 0 aromatic heterocycles. The Hall–Kier alpha value is 0.420. The maximum atomic E-state index is 13.7. The molecule has 4 bridgehead atoms. The Labute approximate surface area is 124 Å². The minimum atomic E-state index is -3.86. The third kappa shape index (κ3) is 1.82. The zero-order valence-corrected chi connectivity index (χ0v) is 12.7. The lowest BCUT2D eigenvalue weighted by atomic mass is 9.56. The van der Waals surface area contributed by atoms with Gasteiger partial charge in [0.05, 0.1) is 15.6 Å². The SMILES string of the molecule is FC1(F)CSC2(SCC1(F)F)C1CC3CC(C1)CC2C3. The van der Waals surface area contributed by atoms with E-state index in [1.54, 1.807) is 0 Å². The first-order valence-corrected chi connectivity index (χ1v) is 9.33. The second kappa shape index (κ2) is 4.24. The Kier molecular flexibility index (Phi) is 2.98. The van der Waals surface area contributed by atoms with Crippen molar-refractivity contribution in [3.05, 3.63) is 0 Å². The molecule has 1 heterocycles. The van der Waals surface area contributed by atoms with Crippen LogP contribution in [0.15, 0.2) is 0 Å². The van der Waals surface area contributed by atoms with Crippen molar-refractivity contribution in [1.29, 1.82) is 0 Å². The Morgan fingerprint density at radius 1 is 0.650 bits per heavy atom. The highest BCUT2D eigenvalue weighted by Gasteiger charge is 2.65. The van der Waals surface area contributed by atoms with Gasteiger partial charge < -0.3 is 0 Å². The Balaban J connectivity index is 1.65. The van der Waals surface area contributed by atoms with Crippen LogP contribution in [0.3, 0.4) is 0 Å². The monoisotopic (exact) mass is 326 g/mol. The van der Waals surface area contributed by atoms with E-state index < -0.39 is 23.4 Å². The Morgan fingerprint density at radius 2 is 1.05 bits per heavy atom. The molecule has 0 aromatic rings. The van der Waals surface area contributed by atoms with Gasteiger partial charge in [-0.25, -0.2) is 0 Å². The second-order valence-electron chi connectivity index (χ2n) is 7.01. The fourth-order valence-electron chi connectivity index (χ4n) is 4.97. The average Bonchev–Trinajstić information content (AvgIpc) is 2.44. The zero-order chi connectivity index (χ0) is 14.2. The van der Waals surface area contributed by atoms with E-state index in [2.05, 4.69) is 0 Å². The fraction of sp³-hybridized carbons (Fsp3) is 1.00. The van der Waals surface area contributed by atoms with Crippen LogP contribution < -0.4 is 0 Å². The van der Waals surface area contributed by atoms with Gasteiger partial charge in [0.2, 0.25) is 0 Å². The lowest BCUT2D eigenvalue weighted by Crippen LogP contribution is -2.54. The summed E-state index contributed by atoms with van der Waals surface area (Å²) in [5.41, 5.74) is 0. The van der Waals surface area contributed by atoms with Gasteiger partial charge in [0.15, 0.2) is 0 Å². The third-order valence-corrected chi connectivity index (χ3v) is 9.73. The molecule has 0 amide bonds. The van der Waals surface area contributed by atoms with Crippen LogP contribution in [-0.4, -0.2) is 27.4 Å². The first-order valence-electron chi connectivity index (χ1n) is 7.36. The number of hydrogen-bond acceptors (Lipinski definition) is 2. The quantitative estimate of drug-likeness (QED) is 0.581. The number of hydrogen-bond donors (Lipinski definition) is 0. The summed E-state index contributed by atoms with van der Waals surface area (Å²) in [6.07, 6.45) is 5.58. The van der Waals surface area contributed by atoms with Gasteiger partial charge in [-0.3, -0.25) is 0 Å². The molecule has 1 saturated heterocycles. The number of alkyl halides is 4. The van der Waals surface area contributed by atoms with Gasteiger partial charge >= 0.3 is 11.8 Å². The van der Waals surface area contributed by atoms with E-state index in [9.17, 15) is 17.6 Å². The van der Waals surface area contributed by atoms with Crippen LogP contribution in [0.2, 0.25) is 0 Å². The van der Waals surface area contributed by atoms with Crippen molar-refractivity contribution >= 4 is 23.5 Å². The molecule has 114 valence electrons. The van der Waals surface area contributed by atoms with Crippen LogP contribution >= 0.6 is 23.5 Å². The summed E-state index contributed by atoms with van der Waals surface area (Å²) in [4.78, 5) is 0. The maximum absolute atomic E-state index is 13.7. The van der Waals surface area contributed by atoms with E-state index in [0.717, 1.165) is 61.0 Å². The van der Waals surface area contributed by atoms with Gasteiger partial charge in [0.1, 0.15) is 0 Å². The molecule has 6 heteroatoms. The smallest absolute Gasteiger partial charge is 0.199 e. The predicted octanol–water partition coefficient (Wildman–Crippen LogP) is 4.89. The summed E-state index contributed by atoms with van der Waals surface area (Å²) < 4.78 is 54.3. The molecule has 5 aliphatic rings. The van der Waals surface area contributed by atoms with E-state index in [1.807, 2.05) is 0 Å². The molecule has 4 aliphatic carbocycles. The van der Waals surface area contributed by atoms with Gasteiger partial charge in [0, 0.05) is 0 Å². The van der Waals surface area contributed by atoms with E-state index in [1.165, 1.54) is 6.42 Å². The van der Waals surface area contributed by atoms with E-state index in [0.29, 0.717) is 11.8 Å². The average molecular weight is 326 g/mol. The van der Waals surface area contributed by atoms with Crippen molar-refractivity contribution in [1.82, 2.24) is 0 Å². The topological polar surface area (TPSA) is 0 Å². The van der Waals surface area contributed by atoms with Crippen LogP contribution in [0.1, 0.15) is 32.1 Å². The molecule has 0 aromatic carbocycles. The molecule has 0 N–H and O–H groups in total. The Morgan fingerprint density at radius 3 is 1.45 bits per heavy atom. The Bertz CT molecular complexity index is 375. The van der Waals surface area contributed by atoms with Crippen molar-refractivity contribution in [2.75, 3.05) is 11.5 Å². The molecule has 1 aliphatic heterocycles. The number of halogens is 4. The largest absolute Gasteiger partial charge is 0.319 e. The summed E-state index contributed by atoms with van der Waals surface area (Å²) in [5.74, 6) is -6.94. The third-order valence-electron chi connectivity index (χ3n) is 5.77. The lowest BCUT2D eigenvalue weighted by molar-refractivity contribution is -0.178. The molecule has 0 nitrogen and oxygen atoms in total. The van der Waals surface area contributed by atoms with Crippen molar-refractivity contribution in [2.45, 2.75) is 48.0 Å². The zero-order valence-electron chi connectivity index (χ0n) is 11.1. The van der Waals surface area contributed by atoms with Crippen molar-refractivity contribution in [3.63, 3.8) is 0 Å². The van der Waals surface area contributed by atoms with Crippen molar-refractivity contribution < 1.29 is 17.6 Å². The first-order chi connectivity index (χ1) is 9.32. The van der Waals surface area contributed by atoms with Crippen LogP contribution in [0.25, 0.3) is 0 Å². The highest BCUT2D eigenvalue weighted by molar-refractivity contribution is 8.18. The number of thioether (sulfide) groups is 2. The molecule has 20 heavy (non-hydrogen) atoms. The molecule has 1 spiro atoms. The highest BCUT2D eigenvalue weighted by atomic mass is 32.2. The van der Waals surface area contributed by atoms with Gasteiger partial charge in [-0.1, -0.05) is 0 Å². The van der Waals surface area contributed by atoms with Gasteiger partial charge in [-0.2, -0.15) is 17.6 Å². The summed E-state index contributed by atoms with van der Waals surface area (Å²) in [7, 11) is 0.